The number of carbonyl (C=O) groups is 1. The van der Waals surface area contributed by atoms with Gasteiger partial charge in [0, 0.05) is 27.2 Å². The molecule has 1 amide bonds. The van der Waals surface area contributed by atoms with E-state index in [1.807, 2.05) is 6.07 Å². The van der Waals surface area contributed by atoms with Crippen LogP contribution < -0.4 is 10.6 Å². The number of amides is 1. The molecule has 0 spiro atoms. The summed E-state index contributed by atoms with van der Waals surface area (Å²) in [6, 6.07) is 10.4. The summed E-state index contributed by atoms with van der Waals surface area (Å²) in [6.45, 7) is 3.96. The SMILES string of the molecule is CCCNC(=NCC(=O)N(C)C)NCCCc1ccccc1.I. The summed E-state index contributed by atoms with van der Waals surface area (Å²) in [5.74, 6) is 0.715. The van der Waals surface area contributed by atoms with E-state index in [0.717, 1.165) is 32.4 Å². The first kappa shape index (κ1) is 21.7. The van der Waals surface area contributed by atoms with Gasteiger partial charge in [-0.2, -0.15) is 0 Å². The first-order valence-electron chi connectivity index (χ1n) is 7.89. The highest BCUT2D eigenvalue weighted by Crippen LogP contribution is 2.01. The van der Waals surface area contributed by atoms with Crippen LogP contribution in [0.15, 0.2) is 35.3 Å². The molecule has 1 rings (SSSR count). The third-order valence-electron chi connectivity index (χ3n) is 3.19. The van der Waals surface area contributed by atoms with Crippen LogP contribution >= 0.6 is 24.0 Å². The highest BCUT2D eigenvalue weighted by molar-refractivity contribution is 14.0. The van der Waals surface area contributed by atoms with Gasteiger partial charge in [0.05, 0.1) is 0 Å². The summed E-state index contributed by atoms with van der Waals surface area (Å²) >= 11 is 0. The number of guanidine groups is 1. The highest BCUT2D eigenvalue weighted by atomic mass is 127. The number of hydrogen-bond donors (Lipinski definition) is 2. The Morgan fingerprint density at radius 2 is 1.78 bits per heavy atom. The molecule has 0 heterocycles. The third kappa shape index (κ3) is 10.1. The molecular weight excluding hydrogens is 403 g/mol. The van der Waals surface area contributed by atoms with Crippen molar-refractivity contribution < 1.29 is 4.79 Å². The molecule has 0 atom stereocenters. The highest BCUT2D eigenvalue weighted by Gasteiger charge is 2.04. The van der Waals surface area contributed by atoms with Crippen molar-refractivity contribution in [3.05, 3.63) is 35.9 Å². The zero-order valence-corrected chi connectivity index (χ0v) is 16.7. The van der Waals surface area contributed by atoms with Crippen LogP contribution in [0.3, 0.4) is 0 Å². The maximum Gasteiger partial charge on any atom is 0.243 e. The van der Waals surface area contributed by atoms with E-state index in [0.29, 0.717) is 5.96 Å². The van der Waals surface area contributed by atoms with Gasteiger partial charge in [-0.3, -0.25) is 4.79 Å². The molecule has 0 radical (unpaired) electrons. The molecule has 130 valence electrons. The molecule has 0 fully saturated rings. The Labute approximate surface area is 157 Å². The topological polar surface area (TPSA) is 56.7 Å². The lowest BCUT2D eigenvalue weighted by atomic mass is 10.1. The lowest BCUT2D eigenvalue weighted by molar-refractivity contribution is -0.127. The van der Waals surface area contributed by atoms with Crippen molar-refractivity contribution >= 4 is 35.8 Å². The molecule has 0 bridgehead atoms. The number of benzene rings is 1. The predicted molar refractivity (Wildman–Crippen MR) is 107 cm³/mol. The smallest absolute Gasteiger partial charge is 0.243 e. The average Bonchev–Trinajstić information content (AvgIpc) is 2.53. The van der Waals surface area contributed by atoms with Crippen molar-refractivity contribution in [2.24, 2.45) is 4.99 Å². The Bertz CT molecular complexity index is 463. The Morgan fingerprint density at radius 1 is 1.13 bits per heavy atom. The van der Waals surface area contributed by atoms with Crippen molar-refractivity contribution in [2.75, 3.05) is 33.7 Å². The van der Waals surface area contributed by atoms with Gasteiger partial charge in [-0.15, -0.1) is 24.0 Å². The number of halogens is 1. The minimum absolute atomic E-state index is 0. The van der Waals surface area contributed by atoms with Crippen LogP contribution in [0.1, 0.15) is 25.3 Å². The lowest BCUT2D eigenvalue weighted by Crippen LogP contribution is -2.39. The van der Waals surface area contributed by atoms with Crippen LogP contribution in [0.4, 0.5) is 0 Å². The van der Waals surface area contributed by atoms with Gasteiger partial charge in [-0.05, 0) is 24.8 Å². The number of likely N-dealkylation sites (N-methyl/N-ethyl adjacent to an activating group) is 1. The van der Waals surface area contributed by atoms with E-state index < -0.39 is 0 Å². The second-order valence-corrected chi connectivity index (χ2v) is 5.40. The fourth-order valence-electron chi connectivity index (χ4n) is 1.85. The number of hydrogen-bond acceptors (Lipinski definition) is 2. The molecule has 0 aromatic heterocycles. The van der Waals surface area contributed by atoms with Gasteiger partial charge in [-0.25, -0.2) is 4.99 Å². The van der Waals surface area contributed by atoms with Crippen molar-refractivity contribution in [3.63, 3.8) is 0 Å². The van der Waals surface area contributed by atoms with E-state index in [2.05, 4.69) is 46.8 Å². The molecule has 0 aliphatic rings. The van der Waals surface area contributed by atoms with E-state index in [4.69, 9.17) is 0 Å². The molecule has 0 aliphatic heterocycles. The molecule has 5 nitrogen and oxygen atoms in total. The van der Waals surface area contributed by atoms with E-state index in [1.165, 1.54) is 5.56 Å². The number of nitrogens with one attached hydrogen (secondary N) is 2. The summed E-state index contributed by atoms with van der Waals surface area (Å²) in [6.07, 6.45) is 3.08. The number of nitrogens with zero attached hydrogens (tertiary/aromatic N) is 2. The average molecular weight is 432 g/mol. The van der Waals surface area contributed by atoms with E-state index >= 15 is 0 Å². The normalized spacial score (nSPS) is 10.7. The van der Waals surface area contributed by atoms with Crippen molar-refractivity contribution in [2.45, 2.75) is 26.2 Å². The van der Waals surface area contributed by atoms with Gasteiger partial charge in [-0.1, -0.05) is 37.3 Å². The summed E-state index contributed by atoms with van der Waals surface area (Å²) < 4.78 is 0. The van der Waals surface area contributed by atoms with Gasteiger partial charge >= 0.3 is 0 Å². The first-order chi connectivity index (χ1) is 10.6. The third-order valence-corrected chi connectivity index (χ3v) is 3.19. The molecule has 0 unspecified atom stereocenters. The number of carbonyl (C=O) groups excluding carboxylic acids is 1. The molecule has 1 aromatic rings. The summed E-state index contributed by atoms with van der Waals surface area (Å²) in [5, 5.41) is 6.52. The van der Waals surface area contributed by atoms with Crippen LogP contribution in [0.5, 0.6) is 0 Å². The largest absolute Gasteiger partial charge is 0.356 e. The van der Waals surface area contributed by atoms with Gasteiger partial charge in [0.1, 0.15) is 6.54 Å². The van der Waals surface area contributed by atoms with Crippen molar-refractivity contribution in [1.29, 1.82) is 0 Å². The van der Waals surface area contributed by atoms with Gasteiger partial charge in [0.25, 0.3) is 0 Å². The zero-order chi connectivity index (χ0) is 16.2. The maximum absolute atomic E-state index is 11.6. The van der Waals surface area contributed by atoms with Gasteiger partial charge < -0.3 is 15.5 Å². The minimum atomic E-state index is 0. The van der Waals surface area contributed by atoms with Crippen LogP contribution in [0, 0.1) is 0 Å². The van der Waals surface area contributed by atoms with Crippen LogP contribution in [-0.4, -0.2) is 50.5 Å². The molecule has 23 heavy (non-hydrogen) atoms. The summed E-state index contributed by atoms with van der Waals surface area (Å²) in [4.78, 5) is 17.5. The zero-order valence-electron chi connectivity index (χ0n) is 14.3. The van der Waals surface area contributed by atoms with Gasteiger partial charge in [0.2, 0.25) is 5.91 Å². The molecule has 0 aliphatic carbocycles. The number of rotatable bonds is 8. The monoisotopic (exact) mass is 432 g/mol. The summed E-state index contributed by atoms with van der Waals surface area (Å²) in [7, 11) is 3.48. The van der Waals surface area contributed by atoms with Gasteiger partial charge in [0.15, 0.2) is 5.96 Å². The Balaban J connectivity index is 0.00000484. The second-order valence-electron chi connectivity index (χ2n) is 5.40. The van der Waals surface area contributed by atoms with Crippen LogP contribution in [-0.2, 0) is 11.2 Å². The minimum Gasteiger partial charge on any atom is -0.356 e. The molecule has 1 aromatic carbocycles. The molecule has 0 saturated heterocycles. The van der Waals surface area contributed by atoms with E-state index in [-0.39, 0.29) is 36.4 Å². The maximum atomic E-state index is 11.6. The van der Waals surface area contributed by atoms with Crippen LogP contribution in [0.2, 0.25) is 0 Å². The fourth-order valence-corrected chi connectivity index (χ4v) is 1.85. The quantitative estimate of drug-likeness (QED) is 0.287. The predicted octanol–water partition coefficient (Wildman–Crippen LogP) is 2.27. The van der Waals surface area contributed by atoms with E-state index in [1.54, 1.807) is 19.0 Å². The first-order valence-corrected chi connectivity index (χ1v) is 7.89. The molecule has 6 heteroatoms. The molecule has 2 N–H and O–H groups in total. The Kier molecular flexibility index (Phi) is 12.4. The number of aliphatic imine (C=N–C) groups is 1. The standard InChI is InChI=1S/C17H28N4O.HI/c1-4-12-18-17(20-14-16(22)21(2)3)19-13-8-11-15-9-6-5-7-10-15;/h5-7,9-10H,4,8,11-14H2,1-3H3,(H2,18,19,20);1H. The van der Waals surface area contributed by atoms with Crippen LogP contribution in [0.25, 0.3) is 0 Å². The number of aryl methyl sites for hydroxylation is 1. The lowest BCUT2D eigenvalue weighted by Gasteiger charge is -2.13. The Morgan fingerprint density at radius 3 is 2.39 bits per heavy atom. The second kappa shape index (κ2) is 13.2. The fraction of sp³-hybridized carbons (Fsp3) is 0.529. The molecule has 0 saturated carbocycles. The van der Waals surface area contributed by atoms with E-state index in [9.17, 15) is 4.79 Å². The Hall–Kier alpha value is -1.31. The van der Waals surface area contributed by atoms with Crippen molar-refractivity contribution in [1.82, 2.24) is 15.5 Å². The molecular formula is C17H29IN4O. The summed E-state index contributed by atoms with van der Waals surface area (Å²) in [5.41, 5.74) is 1.34. The van der Waals surface area contributed by atoms with Crippen molar-refractivity contribution in [3.8, 4) is 0 Å².